The molecule has 0 aliphatic carbocycles. The molecule has 0 unspecified atom stereocenters. The summed E-state index contributed by atoms with van der Waals surface area (Å²) in [5, 5.41) is 7.01. The first-order valence-corrected chi connectivity index (χ1v) is 1.33. The van der Waals surface area contributed by atoms with Crippen molar-refractivity contribution in [3.8, 4) is 0 Å². The van der Waals surface area contributed by atoms with E-state index in [4.69, 9.17) is 5.11 Å². The number of aliphatic hydroxyl groups is 1. The third kappa shape index (κ3) is 2.38. The van der Waals surface area contributed by atoms with Gasteiger partial charge in [-0.2, -0.15) is 8.78 Å². The molecule has 5 heteroatoms. The van der Waals surface area contributed by atoms with Crippen LogP contribution in [0.1, 0.15) is 0 Å². The summed E-state index contributed by atoms with van der Waals surface area (Å²) in [5.74, 6) is 0. The van der Waals surface area contributed by atoms with E-state index in [1.807, 2.05) is 0 Å². The van der Waals surface area contributed by atoms with Gasteiger partial charge in [-0.1, -0.05) is 0 Å². The highest BCUT2D eigenvalue weighted by atomic mass is 19.3. The first-order chi connectivity index (χ1) is 2.94. The van der Waals surface area contributed by atoms with Gasteiger partial charge in [-0.25, -0.2) is 8.78 Å². The smallest absolute Gasteiger partial charge is 0.332 e. The molecule has 0 heterocycles. The molecular weight excluding hydrogens is 116 g/mol. The largest absolute Gasteiger partial charge is 0.414 e. The molecule has 0 radical (unpaired) electrons. The molecule has 0 atom stereocenters. The lowest BCUT2D eigenvalue weighted by atomic mass is 10.7. The van der Waals surface area contributed by atoms with Gasteiger partial charge in [0.05, 0.1) is 0 Å². The van der Waals surface area contributed by atoms with Crippen LogP contribution < -0.4 is 0 Å². The maximum absolute atomic E-state index is 10.7. The molecule has 0 aromatic carbocycles. The predicted molar refractivity (Wildman–Crippen MR) is 13.2 cm³/mol. The van der Waals surface area contributed by atoms with Crippen molar-refractivity contribution >= 4 is 0 Å². The summed E-state index contributed by atoms with van der Waals surface area (Å²) in [6.07, 6.45) is -8.81. The maximum atomic E-state index is 10.7. The van der Waals surface area contributed by atoms with Crippen LogP contribution in [0.3, 0.4) is 0 Å². The van der Waals surface area contributed by atoms with Crippen molar-refractivity contribution < 1.29 is 22.7 Å². The number of rotatable bonds is 1. The molecule has 0 bridgehead atoms. The van der Waals surface area contributed by atoms with E-state index in [2.05, 4.69) is 0 Å². The quantitative estimate of drug-likeness (QED) is 0.505. The number of hydrogen-bond donors (Lipinski definition) is 1. The van der Waals surface area contributed by atoms with Crippen LogP contribution in [0.4, 0.5) is 17.6 Å². The monoisotopic (exact) mass is 118 g/mol. The fraction of sp³-hybridized carbons (Fsp3) is 1.00. The van der Waals surface area contributed by atoms with E-state index in [-0.39, 0.29) is 0 Å². The fourth-order valence-electron chi connectivity index (χ4n) is 0. The van der Waals surface area contributed by atoms with Gasteiger partial charge in [0.1, 0.15) is 0 Å². The average molecular weight is 118 g/mol. The molecule has 0 saturated heterocycles. The normalized spacial score (nSPS) is 12.9. The summed E-state index contributed by atoms with van der Waals surface area (Å²) >= 11 is 0. The molecule has 0 aliphatic rings. The molecular formula is C2H2F4O. The van der Waals surface area contributed by atoms with Crippen molar-refractivity contribution in [2.75, 3.05) is 0 Å². The molecule has 44 valence electrons. The van der Waals surface area contributed by atoms with Crippen LogP contribution in [-0.2, 0) is 0 Å². The van der Waals surface area contributed by atoms with Crippen LogP contribution in [-0.4, -0.2) is 17.6 Å². The SMILES string of the molecule is OC(F)(F)C(F)F. The van der Waals surface area contributed by atoms with Crippen molar-refractivity contribution in [3.05, 3.63) is 0 Å². The first kappa shape index (κ1) is 6.68. The first-order valence-electron chi connectivity index (χ1n) is 1.33. The Balaban J connectivity index is 3.54. The van der Waals surface area contributed by atoms with Gasteiger partial charge in [0.2, 0.25) is 0 Å². The third-order valence-electron chi connectivity index (χ3n) is 0.263. The highest BCUT2D eigenvalue weighted by Gasteiger charge is 2.37. The van der Waals surface area contributed by atoms with Crippen LogP contribution >= 0.6 is 0 Å². The lowest BCUT2D eigenvalue weighted by Crippen LogP contribution is -2.24. The zero-order valence-electron chi connectivity index (χ0n) is 3.04. The van der Waals surface area contributed by atoms with Crippen LogP contribution in [0.25, 0.3) is 0 Å². The molecule has 0 aliphatic heterocycles. The second-order valence-electron chi connectivity index (χ2n) is 0.888. The third-order valence-corrected chi connectivity index (χ3v) is 0.263. The van der Waals surface area contributed by atoms with Gasteiger partial charge in [0.25, 0.3) is 0 Å². The Kier molecular flexibility index (Phi) is 1.58. The highest BCUT2D eigenvalue weighted by Crippen LogP contribution is 2.17. The zero-order valence-corrected chi connectivity index (χ0v) is 3.04. The topological polar surface area (TPSA) is 20.2 Å². The van der Waals surface area contributed by atoms with Gasteiger partial charge in [0, 0.05) is 0 Å². The lowest BCUT2D eigenvalue weighted by Gasteiger charge is -2.03. The summed E-state index contributed by atoms with van der Waals surface area (Å²) < 4.78 is 42.4. The van der Waals surface area contributed by atoms with Crippen molar-refractivity contribution in [1.82, 2.24) is 0 Å². The Labute approximate surface area is 36.6 Å². The van der Waals surface area contributed by atoms with E-state index >= 15 is 0 Å². The van der Waals surface area contributed by atoms with Crippen LogP contribution in [0.2, 0.25) is 0 Å². The van der Waals surface area contributed by atoms with Gasteiger partial charge in [0.15, 0.2) is 0 Å². The predicted octanol–water partition coefficient (Wildman–Crippen LogP) is 0.837. The van der Waals surface area contributed by atoms with Crippen LogP contribution in [0.5, 0.6) is 0 Å². The van der Waals surface area contributed by atoms with Gasteiger partial charge < -0.3 is 5.11 Å². The molecule has 0 amide bonds. The Bertz CT molecular complexity index is 55.2. The molecule has 1 nitrogen and oxygen atoms in total. The molecule has 0 aromatic rings. The lowest BCUT2D eigenvalue weighted by molar-refractivity contribution is -0.271. The number of alkyl halides is 4. The summed E-state index contributed by atoms with van der Waals surface area (Å²) in [5.41, 5.74) is 0. The standard InChI is InChI=1S/C2H2F4O/c3-1(4)2(5,6)7/h1,7H. The average Bonchev–Trinajstić information content (AvgIpc) is 1.31. The van der Waals surface area contributed by atoms with Gasteiger partial charge in [-0.05, 0) is 0 Å². The summed E-state index contributed by atoms with van der Waals surface area (Å²) in [4.78, 5) is 0. The minimum absolute atomic E-state index is 3.98. The maximum Gasteiger partial charge on any atom is 0.414 e. The van der Waals surface area contributed by atoms with Crippen molar-refractivity contribution in [1.29, 1.82) is 0 Å². The van der Waals surface area contributed by atoms with E-state index in [9.17, 15) is 17.6 Å². The summed E-state index contributed by atoms with van der Waals surface area (Å²) in [6.45, 7) is 0. The zero-order chi connectivity index (χ0) is 6.08. The summed E-state index contributed by atoms with van der Waals surface area (Å²) in [6, 6.07) is 0. The van der Waals surface area contributed by atoms with E-state index in [1.54, 1.807) is 0 Å². The van der Waals surface area contributed by atoms with Gasteiger partial charge >= 0.3 is 12.5 Å². The Morgan fingerprint density at radius 1 is 1.29 bits per heavy atom. The van der Waals surface area contributed by atoms with Crippen molar-refractivity contribution in [3.63, 3.8) is 0 Å². The second kappa shape index (κ2) is 1.65. The van der Waals surface area contributed by atoms with E-state index in [1.165, 1.54) is 0 Å². The van der Waals surface area contributed by atoms with Gasteiger partial charge in [-0.3, -0.25) is 0 Å². The highest BCUT2D eigenvalue weighted by molar-refractivity contribution is 4.47. The molecule has 0 saturated carbocycles. The molecule has 0 aromatic heterocycles. The molecule has 0 spiro atoms. The number of hydrogen-bond acceptors (Lipinski definition) is 1. The van der Waals surface area contributed by atoms with Crippen molar-refractivity contribution in [2.45, 2.75) is 12.5 Å². The molecule has 0 fully saturated rings. The Morgan fingerprint density at radius 2 is 1.43 bits per heavy atom. The Hall–Kier alpha value is -0.320. The van der Waals surface area contributed by atoms with Gasteiger partial charge in [-0.15, -0.1) is 0 Å². The van der Waals surface area contributed by atoms with Crippen LogP contribution in [0.15, 0.2) is 0 Å². The molecule has 7 heavy (non-hydrogen) atoms. The van der Waals surface area contributed by atoms with Crippen LogP contribution in [0, 0.1) is 0 Å². The van der Waals surface area contributed by atoms with E-state index in [0.29, 0.717) is 0 Å². The molecule has 0 rings (SSSR count). The number of halogens is 4. The minimum Gasteiger partial charge on any atom is -0.332 e. The van der Waals surface area contributed by atoms with Crippen molar-refractivity contribution in [2.24, 2.45) is 0 Å². The van der Waals surface area contributed by atoms with E-state index < -0.39 is 12.5 Å². The Morgan fingerprint density at radius 3 is 1.43 bits per heavy atom. The molecule has 1 N–H and O–H groups in total. The second-order valence-corrected chi connectivity index (χ2v) is 0.888. The van der Waals surface area contributed by atoms with E-state index in [0.717, 1.165) is 0 Å². The summed E-state index contributed by atoms with van der Waals surface area (Å²) in [7, 11) is 0. The minimum atomic E-state index is -4.83. The fourth-order valence-corrected chi connectivity index (χ4v) is 0.